The highest BCUT2D eigenvalue weighted by molar-refractivity contribution is 7.94. The number of halogens is 1. The topological polar surface area (TPSA) is 103 Å². The van der Waals surface area contributed by atoms with Gasteiger partial charge in [-0.05, 0) is 86.7 Å². The average molecular weight is 595 g/mol. The van der Waals surface area contributed by atoms with E-state index in [1.165, 1.54) is 19.2 Å². The maximum Gasteiger partial charge on any atom is 0.407 e. The first-order chi connectivity index (χ1) is 20.2. The second-order valence-corrected chi connectivity index (χ2v) is 13.7. The maximum absolute atomic E-state index is 14.5. The quantitative estimate of drug-likeness (QED) is 0.442. The van der Waals surface area contributed by atoms with Gasteiger partial charge in [-0.25, -0.2) is 17.6 Å². The smallest absolute Gasteiger partial charge is 0.407 e. The van der Waals surface area contributed by atoms with Crippen LogP contribution in [0, 0.1) is 34.9 Å². The Morgan fingerprint density at radius 2 is 1.88 bits per heavy atom. The number of nitrogens with zero attached hydrogens (tertiary/aromatic N) is 3. The van der Waals surface area contributed by atoms with E-state index in [-0.39, 0.29) is 28.6 Å². The second kappa shape index (κ2) is 12.4. The lowest BCUT2D eigenvalue weighted by molar-refractivity contribution is 0.0938. The van der Waals surface area contributed by atoms with Crippen LogP contribution in [0.15, 0.2) is 65.4 Å². The van der Waals surface area contributed by atoms with Gasteiger partial charge < -0.3 is 19.9 Å². The molecule has 10 heteroatoms. The Morgan fingerprint density at radius 1 is 1.17 bits per heavy atom. The van der Waals surface area contributed by atoms with E-state index >= 15 is 0 Å². The summed E-state index contributed by atoms with van der Waals surface area (Å²) in [5, 5.41) is 14.8. The van der Waals surface area contributed by atoms with Gasteiger partial charge in [0, 0.05) is 48.6 Å². The first-order valence-electron chi connectivity index (χ1n) is 14.7. The van der Waals surface area contributed by atoms with E-state index in [1.54, 1.807) is 18.2 Å². The number of carbonyl (C=O) groups excluding carboxylic acids is 1. The van der Waals surface area contributed by atoms with Crippen molar-refractivity contribution < 1.29 is 22.3 Å². The van der Waals surface area contributed by atoms with Crippen LogP contribution < -0.4 is 10.2 Å². The van der Waals surface area contributed by atoms with Gasteiger partial charge in [0.25, 0.3) is 0 Å². The van der Waals surface area contributed by atoms with Crippen LogP contribution in [0.3, 0.4) is 0 Å². The molecule has 0 radical (unpaired) electrons. The normalized spacial score (nSPS) is 23.4. The molecule has 2 aromatic carbocycles. The van der Waals surface area contributed by atoms with Crippen LogP contribution in [0.4, 0.5) is 14.9 Å². The summed E-state index contributed by atoms with van der Waals surface area (Å²) in [4.78, 5) is 17.1. The summed E-state index contributed by atoms with van der Waals surface area (Å²) in [6, 6.07) is 15.9. The zero-order valence-electron chi connectivity index (χ0n) is 24.0. The third-order valence-electron chi connectivity index (χ3n) is 9.53. The number of ether oxygens (including phenoxy) is 1. The number of benzene rings is 2. The molecule has 1 saturated carbocycles. The number of piperidine rings is 1. The van der Waals surface area contributed by atoms with Crippen LogP contribution in [0.25, 0.3) is 0 Å². The zero-order chi connectivity index (χ0) is 29.9. The van der Waals surface area contributed by atoms with Crippen molar-refractivity contribution in [2.24, 2.45) is 17.8 Å². The summed E-state index contributed by atoms with van der Waals surface area (Å²) in [5.74, 6) is 0.0546. The average Bonchev–Trinajstić information content (AvgIpc) is 3.44. The lowest BCUT2D eigenvalue weighted by atomic mass is 9.59. The van der Waals surface area contributed by atoms with Gasteiger partial charge in [0.2, 0.25) is 0 Å². The number of sulfone groups is 1. The highest BCUT2D eigenvalue weighted by atomic mass is 32.2. The molecule has 1 amide bonds. The summed E-state index contributed by atoms with van der Waals surface area (Å²) in [6.07, 6.45) is 3.59. The van der Waals surface area contributed by atoms with E-state index in [0.717, 1.165) is 75.9 Å². The Labute approximate surface area is 248 Å². The third-order valence-corrected chi connectivity index (χ3v) is 10.9. The fourth-order valence-electron chi connectivity index (χ4n) is 7.40. The number of methoxy groups -OCH3 is 1. The molecule has 1 aliphatic carbocycles. The molecule has 0 unspecified atom stereocenters. The molecule has 0 spiro atoms. The van der Waals surface area contributed by atoms with Gasteiger partial charge in [0.05, 0.1) is 23.5 Å². The lowest BCUT2D eigenvalue weighted by Crippen LogP contribution is -2.55. The molecular weight excluding hydrogens is 555 g/mol. The van der Waals surface area contributed by atoms with Gasteiger partial charge in [-0.15, -0.1) is 0 Å². The van der Waals surface area contributed by atoms with E-state index in [1.807, 2.05) is 18.2 Å². The van der Waals surface area contributed by atoms with Gasteiger partial charge in [-0.1, -0.05) is 25.1 Å². The van der Waals surface area contributed by atoms with Crippen LogP contribution >= 0.6 is 0 Å². The maximum atomic E-state index is 14.5. The van der Waals surface area contributed by atoms with Crippen LogP contribution in [-0.4, -0.2) is 65.3 Å². The Hall–Kier alpha value is -3.42. The molecular formula is C32H39FN4O4S. The van der Waals surface area contributed by atoms with Gasteiger partial charge in [0.15, 0.2) is 9.84 Å². The number of hydrogen-bond acceptors (Lipinski definition) is 7. The minimum atomic E-state index is -3.44. The number of carbonyl (C=O) groups is 1. The molecule has 1 N–H and O–H groups in total. The van der Waals surface area contributed by atoms with Crippen molar-refractivity contribution in [3.05, 3.63) is 71.9 Å². The van der Waals surface area contributed by atoms with Gasteiger partial charge >= 0.3 is 6.09 Å². The summed E-state index contributed by atoms with van der Waals surface area (Å²) < 4.78 is 43.4. The van der Waals surface area contributed by atoms with Crippen molar-refractivity contribution in [2.45, 2.75) is 48.5 Å². The number of nitriles is 1. The lowest BCUT2D eigenvalue weighted by Gasteiger charge is -2.48. The van der Waals surface area contributed by atoms with Crippen LogP contribution in [0.1, 0.15) is 37.7 Å². The van der Waals surface area contributed by atoms with Crippen molar-refractivity contribution >= 4 is 21.6 Å². The molecule has 2 aromatic rings. The van der Waals surface area contributed by atoms with E-state index in [0.29, 0.717) is 11.5 Å². The fourth-order valence-corrected chi connectivity index (χ4v) is 8.11. The first kappa shape index (κ1) is 30.1. The predicted octanol–water partition coefficient (Wildman–Crippen LogP) is 4.88. The number of likely N-dealkylation sites (tertiary alicyclic amines) is 1. The molecule has 0 aromatic heterocycles. The van der Waals surface area contributed by atoms with Crippen molar-refractivity contribution in [1.29, 1.82) is 5.26 Å². The zero-order valence-corrected chi connectivity index (χ0v) is 24.9. The van der Waals surface area contributed by atoms with Crippen LogP contribution in [0.5, 0.6) is 0 Å². The first-order valence-corrected chi connectivity index (χ1v) is 16.2. The molecule has 3 atom stereocenters. The van der Waals surface area contributed by atoms with Crippen molar-refractivity contribution in [3.63, 3.8) is 0 Å². The van der Waals surface area contributed by atoms with Crippen molar-refractivity contribution in [1.82, 2.24) is 10.2 Å². The summed E-state index contributed by atoms with van der Waals surface area (Å²) in [5.41, 5.74) is 0.802. The summed E-state index contributed by atoms with van der Waals surface area (Å²) >= 11 is 0. The molecule has 2 aliphatic heterocycles. The number of hydrogen-bond donors (Lipinski definition) is 1. The number of rotatable bonds is 9. The molecule has 0 bridgehead atoms. The molecule has 2 heterocycles. The predicted molar refractivity (Wildman–Crippen MR) is 159 cm³/mol. The van der Waals surface area contributed by atoms with Crippen LogP contribution in [-0.2, 0) is 20.0 Å². The van der Waals surface area contributed by atoms with E-state index in [2.05, 4.69) is 27.8 Å². The standard InChI is InChI=1S/C32H39FN4O4S/c1-3-42(39,40)28-12-10-27(11-13-28)37-20-23(21-37)19-36-16-14-24(15-17-36)32(22-34,25-6-4-7-26(33)18-25)29-8-5-9-30(29)35-31(38)41-2/h3-4,6-7,10-13,18,23-24,29-30H,1,5,8-9,14-17,19-21H2,2H3,(H,35,38)/t29-,30-,32-/m0/s1. The Balaban J connectivity index is 1.24. The minimum absolute atomic E-state index is 0.0360. The summed E-state index contributed by atoms with van der Waals surface area (Å²) in [6.45, 7) is 7.87. The molecule has 224 valence electrons. The number of anilines is 1. The number of alkyl carbamates (subject to hydrolysis) is 1. The van der Waals surface area contributed by atoms with Crippen molar-refractivity contribution in [2.75, 3.05) is 44.7 Å². The van der Waals surface area contributed by atoms with Crippen LogP contribution in [0.2, 0.25) is 0 Å². The largest absolute Gasteiger partial charge is 0.453 e. The van der Waals surface area contributed by atoms with Gasteiger partial charge in [-0.3, -0.25) is 0 Å². The Morgan fingerprint density at radius 3 is 2.50 bits per heavy atom. The molecule has 3 fully saturated rings. The van der Waals surface area contributed by atoms with Gasteiger partial charge in [-0.2, -0.15) is 5.26 Å². The molecule has 42 heavy (non-hydrogen) atoms. The second-order valence-electron chi connectivity index (χ2n) is 11.8. The highest BCUT2D eigenvalue weighted by Gasteiger charge is 2.52. The molecule has 2 saturated heterocycles. The molecule has 3 aliphatic rings. The van der Waals surface area contributed by atoms with Gasteiger partial charge in [0.1, 0.15) is 5.82 Å². The minimum Gasteiger partial charge on any atom is -0.453 e. The molecule has 5 rings (SSSR count). The fraction of sp³-hybridized carbons (Fsp3) is 0.500. The third kappa shape index (κ3) is 5.90. The number of nitrogens with one attached hydrogen (secondary N) is 1. The monoisotopic (exact) mass is 594 g/mol. The molecule has 8 nitrogen and oxygen atoms in total. The van der Waals surface area contributed by atoms with E-state index < -0.39 is 21.3 Å². The van der Waals surface area contributed by atoms with E-state index in [4.69, 9.17) is 4.74 Å². The number of amides is 1. The highest BCUT2D eigenvalue weighted by Crippen LogP contribution is 2.50. The van der Waals surface area contributed by atoms with E-state index in [9.17, 15) is 22.9 Å². The SMILES string of the molecule is C=CS(=O)(=O)c1ccc(N2CC(CN3CCC([C@@](C#N)(c4cccc(F)c4)[C@H]4CCC[C@@H]4NC(=O)OC)CC3)C2)cc1. The Kier molecular flexibility index (Phi) is 8.90. The van der Waals surface area contributed by atoms with Crippen molar-refractivity contribution in [3.8, 4) is 6.07 Å². The summed E-state index contributed by atoms with van der Waals surface area (Å²) in [7, 11) is -2.10. The Bertz CT molecular complexity index is 1430.